The van der Waals surface area contributed by atoms with Gasteiger partial charge in [-0.05, 0) is 133 Å². The van der Waals surface area contributed by atoms with Crippen molar-refractivity contribution < 1.29 is 4.74 Å². The van der Waals surface area contributed by atoms with Gasteiger partial charge in [0.05, 0.1) is 11.1 Å². The molecule has 3 heteroatoms. The number of fused-ring (bicyclic) bond motifs is 20. The second kappa shape index (κ2) is 15.1. The molecule has 0 fully saturated rings. The summed E-state index contributed by atoms with van der Waals surface area (Å²) in [6.07, 6.45) is 0. The van der Waals surface area contributed by atoms with E-state index in [1.807, 2.05) is 11.3 Å². The maximum atomic E-state index is 6.71. The van der Waals surface area contributed by atoms with E-state index in [2.05, 4.69) is 254 Å². The minimum Gasteiger partial charge on any atom is -0.456 e. The van der Waals surface area contributed by atoms with Crippen molar-refractivity contribution in [1.29, 1.82) is 0 Å². The van der Waals surface area contributed by atoms with Crippen LogP contribution in [0.25, 0.3) is 86.9 Å². The molecule has 0 N–H and O–H groups in total. The van der Waals surface area contributed by atoms with Crippen LogP contribution in [0.15, 0.2) is 249 Å². The summed E-state index contributed by atoms with van der Waals surface area (Å²) in [5.41, 5.74) is 22.0. The quantitative estimate of drug-likeness (QED) is 0.174. The summed E-state index contributed by atoms with van der Waals surface area (Å²) < 4.78 is 9.33. The molecule has 2 heterocycles. The summed E-state index contributed by atoms with van der Waals surface area (Å²) >= 11 is 1.89. The molecule has 1 aliphatic heterocycles. The fraction of sp³-hybridized carbons (Fsp3) is 0.0149. The highest BCUT2D eigenvalue weighted by atomic mass is 32.1. The van der Waals surface area contributed by atoms with E-state index in [1.165, 1.54) is 75.8 Å². The molecular formula is C67H41NOS. The Balaban J connectivity index is 1.07. The van der Waals surface area contributed by atoms with Gasteiger partial charge in [-0.25, -0.2) is 0 Å². The lowest BCUT2D eigenvalue weighted by molar-refractivity contribution is 0.488. The van der Waals surface area contributed by atoms with E-state index < -0.39 is 5.41 Å². The first-order chi connectivity index (χ1) is 34.7. The van der Waals surface area contributed by atoms with Crippen molar-refractivity contribution >= 4 is 48.6 Å². The van der Waals surface area contributed by atoms with Crippen LogP contribution < -0.4 is 9.64 Å². The molecule has 2 aliphatic carbocycles. The van der Waals surface area contributed by atoms with E-state index in [0.717, 1.165) is 61.9 Å². The van der Waals surface area contributed by atoms with Crippen LogP contribution in [0.2, 0.25) is 0 Å². The average Bonchev–Trinajstić information content (AvgIpc) is 3.84. The smallest absolute Gasteiger partial charge is 0.135 e. The van der Waals surface area contributed by atoms with E-state index in [0.29, 0.717) is 0 Å². The maximum absolute atomic E-state index is 6.71. The first-order valence-corrected chi connectivity index (χ1v) is 24.9. The number of hydrogen-bond acceptors (Lipinski definition) is 3. The van der Waals surface area contributed by atoms with Gasteiger partial charge in [0.1, 0.15) is 11.5 Å². The predicted octanol–water partition coefficient (Wildman–Crippen LogP) is 18.6. The first kappa shape index (κ1) is 39.3. The van der Waals surface area contributed by atoms with Gasteiger partial charge in [0.25, 0.3) is 0 Å². The zero-order valence-corrected chi connectivity index (χ0v) is 38.8. The molecular weight excluding hydrogens is 867 g/mol. The van der Waals surface area contributed by atoms with E-state index in [4.69, 9.17) is 4.74 Å². The Hall–Kier alpha value is -8.76. The molecule has 1 unspecified atom stereocenters. The number of nitrogens with zero attached hydrogens (tertiary/aromatic N) is 1. The Kier molecular flexibility index (Phi) is 8.48. The van der Waals surface area contributed by atoms with Gasteiger partial charge < -0.3 is 9.64 Å². The molecule has 326 valence electrons. The lowest BCUT2D eigenvalue weighted by Gasteiger charge is -2.37. The Labute approximate surface area is 410 Å². The van der Waals surface area contributed by atoms with Crippen molar-refractivity contribution in [2.75, 3.05) is 4.90 Å². The summed E-state index contributed by atoms with van der Waals surface area (Å²) in [6, 6.07) is 92.2. The van der Waals surface area contributed by atoms with Gasteiger partial charge in [-0.1, -0.05) is 188 Å². The summed E-state index contributed by atoms with van der Waals surface area (Å²) in [4.78, 5) is 2.50. The van der Waals surface area contributed by atoms with Crippen molar-refractivity contribution in [2.24, 2.45) is 0 Å². The number of ether oxygens (including phenoxy) is 1. The number of thiophene rings is 1. The van der Waals surface area contributed by atoms with Crippen LogP contribution in [0.4, 0.5) is 17.1 Å². The van der Waals surface area contributed by atoms with Crippen LogP contribution in [0.1, 0.15) is 22.3 Å². The molecule has 12 aromatic rings. The van der Waals surface area contributed by atoms with Crippen LogP contribution in [-0.2, 0) is 5.41 Å². The van der Waals surface area contributed by atoms with Gasteiger partial charge >= 0.3 is 0 Å². The lowest BCUT2D eigenvalue weighted by atomic mass is 9.65. The maximum Gasteiger partial charge on any atom is 0.135 e. The minimum absolute atomic E-state index is 0.678. The molecule has 11 aromatic carbocycles. The molecule has 0 saturated heterocycles. The summed E-state index contributed by atoms with van der Waals surface area (Å²) in [7, 11) is 0. The number of anilines is 3. The SMILES string of the molecule is c1ccc(-c2ccccc2N(c2ccc3c(c2)-c2ccccc2Oc2ccccc2-3)c2ccc3c(c2)C2(c4ccccc4-c4ccccc4-3)c3ccccc3-c3cc4sc5ccccc5c4cc32)cc1. The van der Waals surface area contributed by atoms with Crippen LogP contribution >= 0.6 is 11.3 Å². The van der Waals surface area contributed by atoms with Gasteiger partial charge in [0.2, 0.25) is 0 Å². The molecule has 0 radical (unpaired) electrons. The summed E-state index contributed by atoms with van der Waals surface area (Å²) in [6.45, 7) is 0. The second-order valence-electron chi connectivity index (χ2n) is 18.7. The molecule has 1 spiro atoms. The van der Waals surface area contributed by atoms with Crippen molar-refractivity contribution in [3.8, 4) is 78.3 Å². The zero-order chi connectivity index (χ0) is 45.9. The van der Waals surface area contributed by atoms with Crippen LogP contribution in [0, 0.1) is 0 Å². The van der Waals surface area contributed by atoms with E-state index >= 15 is 0 Å². The van der Waals surface area contributed by atoms with Gasteiger partial charge in [-0.2, -0.15) is 0 Å². The molecule has 15 rings (SSSR count). The molecule has 1 atom stereocenters. The normalized spacial score (nSPS) is 14.5. The van der Waals surface area contributed by atoms with Crippen molar-refractivity contribution in [2.45, 2.75) is 5.41 Å². The number of rotatable bonds is 4. The minimum atomic E-state index is -0.678. The summed E-state index contributed by atoms with van der Waals surface area (Å²) in [5.74, 6) is 1.70. The monoisotopic (exact) mass is 907 g/mol. The van der Waals surface area contributed by atoms with Crippen LogP contribution in [0.3, 0.4) is 0 Å². The highest BCUT2D eigenvalue weighted by Gasteiger charge is 2.50. The zero-order valence-electron chi connectivity index (χ0n) is 37.9. The highest BCUT2D eigenvalue weighted by Crippen LogP contribution is 2.63. The third-order valence-electron chi connectivity index (χ3n) is 15.1. The van der Waals surface area contributed by atoms with Crippen molar-refractivity contribution in [3.63, 3.8) is 0 Å². The van der Waals surface area contributed by atoms with Gasteiger partial charge in [-0.15, -0.1) is 11.3 Å². The highest BCUT2D eigenvalue weighted by molar-refractivity contribution is 7.25. The summed E-state index contributed by atoms with van der Waals surface area (Å²) in [5, 5.41) is 2.61. The number of hydrogen-bond donors (Lipinski definition) is 0. The average molecular weight is 908 g/mol. The molecule has 3 aliphatic rings. The molecule has 1 aromatic heterocycles. The largest absolute Gasteiger partial charge is 0.456 e. The lowest BCUT2D eigenvalue weighted by Crippen LogP contribution is -2.29. The van der Waals surface area contributed by atoms with Crippen LogP contribution in [0.5, 0.6) is 11.5 Å². The number of para-hydroxylation sites is 3. The van der Waals surface area contributed by atoms with Crippen molar-refractivity contribution in [1.82, 2.24) is 0 Å². The molecule has 2 nitrogen and oxygen atoms in total. The second-order valence-corrected chi connectivity index (χ2v) is 19.7. The molecule has 0 bridgehead atoms. The third-order valence-corrected chi connectivity index (χ3v) is 16.2. The molecule has 0 amide bonds. The van der Waals surface area contributed by atoms with Gasteiger partial charge in [-0.3, -0.25) is 0 Å². The van der Waals surface area contributed by atoms with Gasteiger partial charge in [0.15, 0.2) is 0 Å². The van der Waals surface area contributed by atoms with E-state index in [-0.39, 0.29) is 0 Å². The molecule has 70 heavy (non-hydrogen) atoms. The fourth-order valence-corrected chi connectivity index (χ4v) is 13.3. The predicted molar refractivity (Wildman–Crippen MR) is 292 cm³/mol. The Morgan fingerprint density at radius 1 is 0.300 bits per heavy atom. The fourth-order valence-electron chi connectivity index (χ4n) is 12.2. The number of benzene rings is 11. The molecule has 0 saturated carbocycles. The Morgan fingerprint density at radius 2 is 0.800 bits per heavy atom. The Morgan fingerprint density at radius 3 is 1.53 bits per heavy atom. The van der Waals surface area contributed by atoms with Crippen LogP contribution in [-0.4, -0.2) is 0 Å². The Bertz CT molecular complexity index is 4130. The standard InChI is InChI=1S/C67H41NOS/c1-2-18-42(19-3-1)45-20-8-14-30-62(45)68(43-34-36-48-52-25-9-15-31-63(52)69-64-32-16-10-26-53(64)55(48)38-43)44-35-37-51-47-22-5-4-21-46(47)49-23-6-12-28-58(49)67(60(51)39-44)59-29-13-7-24-50(59)56-41-66-57(40-61(56)67)54-27-11-17-33-65(54)70-66/h1-41H. The first-order valence-electron chi connectivity index (χ1n) is 24.1. The third kappa shape index (κ3) is 5.55. The van der Waals surface area contributed by atoms with Gasteiger partial charge in [0, 0.05) is 48.2 Å². The topological polar surface area (TPSA) is 12.5 Å². The van der Waals surface area contributed by atoms with Crippen molar-refractivity contribution in [3.05, 3.63) is 271 Å². The van der Waals surface area contributed by atoms with E-state index in [1.54, 1.807) is 0 Å². The van der Waals surface area contributed by atoms with E-state index in [9.17, 15) is 0 Å².